The van der Waals surface area contributed by atoms with Crippen molar-refractivity contribution in [1.29, 1.82) is 0 Å². The number of pyridine rings is 1. The van der Waals surface area contributed by atoms with E-state index in [4.69, 9.17) is 10.5 Å². The molecule has 3 aromatic rings. The quantitative estimate of drug-likeness (QED) is 0.571. The van der Waals surface area contributed by atoms with Crippen molar-refractivity contribution >= 4 is 17.3 Å². The average molecular weight is 267 g/mol. The lowest BCUT2D eigenvalue weighted by Gasteiger charge is -1.98. The first kappa shape index (κ1) is 12.2. The Hall–Kier alpha value is -2.82. The van der Waals surface area contributed by atoms with Crippen molar-refractivity contribution in [3.8, 4) is 11.3 Å². The summed E-state index contributed by atoms with van der Waals surface area (Å²) >= 11 is 0. The Morgan fingerprint density at radius 3 is 2.90 bits per heavy atom. The van der Waals surface area contributed by atoms with E-state index in [2.05, 4.69) is 4.98 Å². The number of imidazole rings is 1. The number of aromatic nitrogens is 2. The number of benzene rings is 1. The van der Waals surface area contributed by atoms with Gasteiger partial charge in [-0.25, -0.2) is 9.78 Å². The van der Waals surface area contributed by atoms with E-state index in [1.165, 1.54) is 7.11 Å². The van der Waals surface area contributed by atoms with Gasteiger partial charge in [-0.3, -0.25) is 0 Å². The Labute approximate surface area is 115 Å². The molecular formula is C15H13N3O2. The molecule has 20 heavy (non-hydrogen) atoms. The van der Waals surface area contributed by atoms with Gasteiger partial charge in [0.25, 0.3) is 0 Å². The van der Waals surface area contributed by atoms with Crippen LogP contribution in [0.4, 0.5) is 5.69 Å². The van der Waals surface area contributed by atoms with Gasteiger partial charge in [-0.1, -0.05) is 12.1 Å². The van der Waals surface area contributed by atoms with E-state index in [9.17, 15) is 4.79 Å². The normalized spacial score (nSPS) is 10.7. The second-order valence-electron chi connectivity index (χ2n) is 4.42. The lowest BCUT2D eigenvalue weighted by Crippen LogP contribution is -2.01. The predicted octanol–water partition coefficient (Wildman–Crippen LogP) is 2.37. The standard InChI is InChI=1S/C15H13N3O2/c1-20-15(19)11-5-6-18-9-13(17-14(18)8-11)10-3-2-4-12(16)7-10/h2-9H,16H2,1H3. The molecule has 0 atom stereocenters. The minimum atomic E-state index is -0.374. The maximum absolute atomic E-state index is 11.5. The van der Waals surface area contributed by atoms with Gasteiger partial charge in [-0.2, -0.15) is 0 Å². The molecule has 0 spiro atoms. The number of hydrogen-bond donors (Lipinski definition) is 1. The molecule has 100 valence electrons. The fourth-order valence-electron chi connectivity index (χ4n) is 2.06. The maximum Gasteiger partial charge on any atom is 0.338 e. The number of esters is 1. The lowest BCUT2D eigenvalue weighted by atomic mass is 10.1. The number of rotatable bonds is 2. The molecule has 0 aliphatic rings. The molecule has 5 heteroatoms. The van der Waals surface area contributed by atoms with Gasteiger partial charge in [0.1, 0.15) is 5.65 Å². The number of nitrogens with zero attached hydrogens (tertiary/aromatic N) is 2. The third-order valence-corrected chi connectivity index (χ3v) is 3.06. The van der Waals surface area contributed by atoms with Crippen LogP contribution in [0, 0.1) is 0 Å². The van der Waals surface area contributed by atoms with Crippen LogP contribution in [0.3, 0.4) is 0 Å². The van der Waals surface area contributed by atoms with E-state index in [0.29, 0.717) is 16.9 Å². The first-order valence-corrected chi connectivity index (χ1v) is 6.10. The molecule has 3 rings (SSSR count). The number of anilines is 1. The number of carbonyl (C=O) groups excluding carboxylic acids is 1. The van der Waals surface area contributed by atoms with Crippen LogP contribution in [0.15, 0.2) is 48.8 Å². The number of hydrogen-bond acceptors (Lipinski definition) is 4. The highest BCUT2D eigenvalue weighted by atomic mass is 16.5. The Morgan fingerprint density at radius 2 is 2.15 bits per heavy atom. The van der Waals surface area contributed by atoms with Crippen LogP contribution >= 0.6 is 0 Å². The zero-order chi connectivity index (χ0) is 14.1. The first-order chi connectivity index (χ1) is 9.67. The Morgan fingerprint density at radius 1 is 1.30 bits per heavy atom. The van der Waals surface area contributed by atoms with Gasteiger partial charge in [0.05, 0.1) is 18.4 Å². The summed E-state index contributed by atoms with van der Waals surface area (Å²) in [7, 11) is 1.36. The summed E-state index contributed by atoms with van der Waals surface area (Å²) in [5.74, 6) is -0.374. The summed E-state index contributed by atoms with van der Waals surface area (Å²) in [6.45, 7) is 0. The van der Waals surface area contributed by atoms with Crippen molar-refractivity contribution < 1.29 is 9.53 Å². The monoisotopic (exact) mass is 267 g/mol. The zero-order valence-corrected chi connectivity index (χ0v) is 10.9. The summed E-state index contributed by atoms with van der Waals surface area (Å²) in [5.41, 5.74) is 9.37. The van der Waals surface area contributed by atoms with E-state index in [0.717, 1.165) is 11.3 Å². The number of nitrogens with two attached hydrogens (primary N) is 1. The molecule has 2 aromatic heterocycles. The first-order valence-electron chi connectivity index (χ1n) is 6.10. The van der Waals surface area contributed by atoms with E-state index in [1.807, 2.05) is 34.9 Å². The third kappa shape index (κ3) is 2.09. The molecule has 0 radical (unpaired) electrons. The second kappa shape index (κ2) is 4.70. The number of ether oxygens (including phenoxy) is 1. The largest absolute Gasteiger partial charge is 0.465 e. The Balaban J connectivity index is 2.09. The lowest BCUT2D eigenvalue weighted by molar-refractivity contribution is 0.0600. The highest BCUT2D eigenvalue weighted by Gasteiger charge is 2.09. The maximum atomic E-state index is 11.5. The van der Waals surface area contributed by atoms with Gasteiger partial charge in [0.15, 0.2) is 0 Å². The van der Waals surface area contributed by atoms with Crippen molar-refractivity contribution in [1.82, 2.24) is 9.38 Å². The Bertz CT molecular complexity index is 793. The number of carbonyl (C=O) groups is 1. The van der Waals surface area contributed by atoms with E-state index < -0.39 is 0 Å². The van der Waals surface area contributed by atoms with Crippen molar-refractivity contribution in [3.05, 3.63) is 54.4 Å². The molecule has 0 aliphatic heterocycles. The molecular weight excluding hydrogens is 254 g/mol. The molecule has 0 saturated carbocycles. The molecule has 5 nitrogen and oxygen atoms in total. The summed E-state index contributed by atoms with van der Waals surface area (Å²) in [5, 5.41) is 0. The van der Waals surface area contributed by atoms with E-state index in [-0.39, 0.29) is 5.97 Å². The van der Waals surface area contributed by atoms with Crippen molar-refractivity contribution in [2.24, 2.45) is 0 Å². The second-order valence-corrected chi connectivity index (χ2v) is 4.42. The summed E-state index contributed by atoms with van der Waals surface area (Å²) < 4.78 is 6.55. The molecule has 0 aliphatic carbocycles. The number of fused-ring (bicyclic) bond motifs is 1. The van der Waals surface area contributed by atoms with Gasteiger partial charge in [-0.15, -0.1) is 0 Å². The van der Waals surface area contributed by atoms with Crippen LogP contribution in [-0.4, -0.2) is 22.5 Å². The van der Waals surface area contributed by atoms with Crippen LogP contribution in [-0.2, 0) is 4.74 Å². The SMILES string of the molecule is COC(=O)c1ccn2cc(-c3cccc(N)c3)nc2c1. The number of nitrogen functional groups attached to an aromatic ring is 1. The minimum Gasteiger partial charge on any atom is -0.465 e. The molecule has 0 saturated heterocycles. The van der Waals surface area contributed by atoms with Crippen LogP contribution < -0.4 is 5.73 Å². The summed E-state index contributed by atoms with van der Waals surface area (Å²) in [6.07, 6.45) is 3.68. The zero-order valence-electron chi connectivity index (χ0n) is 10.9. The van der Waals surface area contributed by atoms with E-state index >= 15 is 0 Å². The van der Waals surface area contributed by atoms with Crippen LogP contribution in [0.1, 0.15) is 10.4 Å². The van der Waals surface area contributed by atoms with Crippen LogP contribution in [0.2, 0.25) is 0 Å². The Kier molecular flexibility index (Phi) is 2.87. The fourth-order valence-corrected chi connectivity index (χ4v) is 2.06. The van der Waals surface area contributed by atoms with Gasteiger partial charge >= 0.3 is 5.97 Å². The minimum absolute atomic E-state index is 0.374. The molecule has 0 amide bonds. The van der Waals surface area contributed by atoms with Crippen LogP contribution in [0.5, 0.6) is 0 Å². The van der Waals surface area contributed by atoms with Crippen molar-refractivity contribution in [3.63, 3.8) is 0 Å². The highest BCUT2D eigenvalue weighted by molar-refractivity contribution is 5.90. The predicted molar refractivity (Wildman–Crippen MR) is 76.4 cm³/mol. The van der Waals surface area contributed by atoms with Gasteiger partial charge < -0.3 is 14.9 Å². The fraction of sp³-hybridized carbons (Fsp3) is 0.0667. The van der Waals surface area contributed by atoms with E-state index in [1.54, 1.807) is 18.3 Å². The topological polar surface area (TPSA) is 69.6 Å². The number of methoxy groups -OCH3 is 1. The molecule has 2 heterocycles. The third-order valence-electron chi connectivity index (χ3n) is 3.06. The smallest absolute Gasteiger partial charge is 0.338 e. The van der Waals surface area contributed by atoms with Gasteiger partial charge in [-0.05, 0) is 24.3 Å². The van der Waals surface area contributed by atoms with Crippen molar-refractivity contribution in [2.45, 2.75) is 0 Å². The molecule has 0 fully saturated rings. The molecule has 0 bridgehead atoms. The average Bonchev–Trinajstić information content (AvgIpc) is 2.89. The van der Waals surface area contributed by atoms with Crippen LogP contribution in [0.25, 0.3) is 16.9 Å². The van der Waals surface area contributed by atoms with Gasteiger partial charge in [0.2, 0.25) is 0 Å². The molecule has 2 N–H and O–H groups in total. The van der Waals surface area contributed by atoms with Crippen molar-refractivity contribution in [2.75, 3.05) is 12.8 Å². The summed E-state index contributed by atoms with van der Waals surface area (Å²) in [6, 6.07) is 10.9. The highest BCUT2D eigenvalue weighted by Crippen LogP contribution is 2.21. The van der Waals surface area contributed by atoms with Gasteiger partial charge in [0, 0.05) is 23.6 Å². The summed E-state index contributed by atoms with van der Waals surface area (Å²) in [4.78, 5) is 16.0. The molecule has 0 unspecified atom stereocenters. The molecule has 1 aromatic carbocycles.